The number of hydrogen-bond acceptors (Lipinski definition) is 5. The second kappa shape index (κ2) is 7.18. The summed E-state index contributed by atoms with van der Waals surface area (Å²) in [6.07, 6.45) is 3.86. The monoisotopic (exact) mass is 370 g/mol. The lowest BCUT2D eigenvalue weighted by atomic mass is 10.0. The van der Waals surface area contributed by atoms with Gasteiger partial charge in [0.1, 0.15) is 0 Å². The molecular weight excluding hydrogens is 348 g/mol. The summed E-state index contributed by atoms with van der Waals surface area (Å²) >= 11 is 0. The Bertz CT molecular complexity index is 1120. The van der Waals surface area contributed by atoms with Crippen molar-refractivity contribution in [2.45, 2.75) is 39.7 Å². The van der Waals surface area contributed by atoms with Crippen LogP contribution in [0.25, 0.3) is 11.0 Å². The number of pyridine rings is 1. The molecule has 0 saturated carbocycles. The number of aromatic amines is 1. The lowest BCUT2D eigenvalue weighted by Gasteiger charge is -2.14. The van der Waals surface area contributed by atoms with Crippen LogP contribution in [-0.2, 0) is 13.6 Å². The summed E-state index contributed by atoms with van der Waals surface area (Å²) in [5, 5.41) is 6.86. The number of H-pyrrole nitrogens is 1. The Morgan fingerprint density at radius 1 is 1.33 bits per heavy atom. The maximum atomic E-state index is 12.9. The van der Waals surface area contributed by atoms with Crippen LogP contribution in [0.3, 0.4) is 0 Å². The normalized spacial score (nSPS) is 11.3. The topological polar surface area (TPSA) is 115 Å². The van der Waals surface area contributed by atoms with Crippen molar-refractivity contribution in [2.24, 2.45) is 7.05 Å². The van der Waals surface area contributed by atoms with Crippen molar-refractivity contribution in [3.05, 3.63) is 50.6 Å². The minimum atomic E-state index is -0.624. The average molecular weight is 370 g/mol. The van der Waals surface area contributed by atoms with E-state index in [4.69, 9.17) is 0 Å². The fourth-order valence-corrected chi connectivity index (χ4v) is 2.88. The number of hydrogen-bond donors (Lipinski definition) is 2. The number of anilines is 1. The highest BCUT2D eigenvalue weighted by Gasteiger charge is 2.20. The number of amides is 1. The van der Waals surface area contributed by atoms with Crippen LogP contribution in [0.2, 0.25) is 0 Å². The SMILES string of the molecule is CCCn1c(=O)[nH]c(=O)c2c(C(=O)Nc3cnn(C)c3)cc(C(C)C)nc21. The zero-order chi connectivity index (χ0) is 19.7. The van der Waals surface area contributed by atoms with E-state index in [2.05, 4.69) is 20.4 Å². The average Bonchev–Trinajstić information content (AvgIpc) is 3.02. The van der Waals surface area contributed by atoms with Crippen molar-refractivity contribution in [3.8, 4) is 0 Å². The fourth-order valence-electron chi connectivity index (χ4n) is 2.88. The number of rotatable bonds is 5. The van der Waals surface area contributed by atoms with Gasteiger partial charge in [-0.05, 0) is 18.4 Å². The Labute approximate surface area is 155 Å². The second-order valence-electron chi connectivity index (χ2n) is 6.72. The van der Waals surface area contributed by atoms with E-state index in [1.165, 1.54) is 10.8 Å². The van der Waals surface area contributed by atoms with Gasteiger partial charge in [-0.25, -0.2) is 9.78 Å². The number of aromatic nitrogens is 5. The minimum Gasteiger partial charge on any atom is -0.319 e. The van der Waals surface area contributed by atoms with Crippen LogP contribution in [0.1, 0.15) is 49.2 Å². The van der Waals surface area contributed by atoms with Gasteiger partial charge in [0.25, 0.3) is 11.5 Å². The third-order valence-electron chi connectivity index (χ3n) is 4.21. The molecule has 0 unspecified atom stereocenters. The van der Waals surface area contributed by atoms with Crippen LogP contribution in [0, 0.1) is 0 Å². The van der Waals surface area contributed by atoms with E-state index < -0.39 is 17.2 Å². The first-order chi connectivity index (χ1) is 12.8. The van der Waals surface area contributed by atoms with E-state index in [0.29, 0.717) is 24.3 Å². The summed E-state index contributed by atoms with van der Waals surface area (Å²) in [6, 6.07) is 1.61. The molecule has 142 valence electrons. The largest absolute Gasteiger partial charge is 0.329 e. The summed E-state index contributed by atoms with van der Waals surface area (Å²) in [6.45, 7) is 6.19. The Balaban J connectivity index is 2.26. The minimum absolute atomic E-state index is 0.0174. The van der Waals surface area contributed by atoms with Crippen molar-refractivity contribution in [1.29, 1.82) is 0 Å². The molecule has 0 radical (unpaired) electrons. The second-order valence-corrected chi connectivity index (χ2v) is 6.72. The quantitative estimate of drug-likeness (QED) is 0.708. The molecule has 1 amide bonds. The summed E-state index contributed by atoms with van der Waals surface area (Å²) in [5.74, 6) is -0.437. The van der Waals surface area contributed by atoms with E-state index in [1.54, 1.807) is 24.0 Å². The van der Waals surface area contributed by atoms with Crippen molar-refractivity contribution in [3.63, 3.8) is 0 Å². The Kier molecular flexibility index (Phi) is 4.93. The van der Waals surface area contributed by atoms with Gasteiger partial charge in [0.2, 0.25) is 0 Å². The van der Waals surface area contributed by atoms with Crippen molar-refractivity contribution in [1.82, 2.24) is 24.3 Å². The molecule has 3 heterocycles. The van der Waals surface area contributed by atoms with Gasteiger partial charge in [0, 0.05) is 25.5 Å². The van der Waals surface area contributed by atoms with E-state index in [-0.39, 0.29) is 22.5 Å². The van der Waals surface area contributed by atoms with Crippen LogP contribution < -0.4 is 16.6 Å². The molecule has 0 aromatic carbocycles. The molecule has 0 aliphatic carbocycles. The highest BCUT2D eigenvalue weighted by Crippen LogP contribution is 2.21. The van der Waals surface area contributed by atoms with Crippen molar-refractivity contribution < 1.29 is 4.79 Å². The van der Waals surface area contributed by atoms with E-state index in [1.807, 2.05) is 20.8 Å². The maximum absolute atomic E-state index is 12.9. The number of nitrogens with one attached hydrogen (secondary N) is 2. The molecule has 3 rings (SSSR count). The Morgan fingerprint density at radius 3 is 2.67 bits per heavy atom. The first-order valence-corrected chi connectivity index (χ1v) is 8.79. The van der Waals surface area contributed by atoms with Crippen LogP contribution in [0.4, 0.5) is 5.69 Å². The van der Waals surface area contributed by atoms with Gasteiger partial charge in [0.15, 0.2) is 5.65 Å². The third-order valence-corrected chi connectivity index (χ3v) is 4.21. The van der Waals surface area contributed by atoms with Crippen molar-refractivity contribution >= 4 is 22.6 Å². The van der Waals surface area contributed by atoms with Crippen LogP contribution in [0.15, 0.2) is 28.0 Å². The smallest absolute Gasteiger partial charge is 0.319 e. The molecule has 3 aromatic heterocycles. The fraction of sp³-hybridized carbons (Fsp3) is 0.389. The van der Waals surface area contributed by atoms with Gasteiger partial charge >= 0.3 is 5.69 Å². The predicted molar refractivity (Wildman–Crippen MR) is 102 cm³/mol. The zero-order valence-corrected chi connectivity index (χ0v) is 15.7. The summed E-state index contributed by atoms with van der Waals surface area (Å²) < 4.78 is 2.97. The summed E-state index contributed by atoms with van der Waals surface area (Å²) in [5.41, 5.74) is 0.403. The number of aryl methyl sites for hydroxylation is 2. The van der Waals surface area contributed by atoms with Gasteiger partial charge in [-0.3, -0.25) is 23.8 Å². The molecule has 0 aliphatic heterocycles. The number of nitrogens with zero attached hydrogens (tertiary/aromatic N) is 4. The molecule has 0 bridgehead atoms. The molecular formula is C18H22N6O3. The van der Waals surface area contributed by atoms with Crippen LogP contribution in [-0.4, -0.2) is 30.2 Å². The molecule has 9 nitrogen and oxygen atoms in total. The number of carbonyl (C=O) groups is 1. The molecule has 0 saturated heterocycles. The van der Waals surface area contributed by atoms with E-state index in [0.717, 1.165) is 0 Å². The zero-order valence-electron chi connectivity index (χ0n) is 15.7. The number of carbonyl (C=O) groups excluding carboxylic acids is 1. The third kappa shape index (κ3) is 3.53. The lowest BCUT2D eigenvalue weighted by Crippen LogP contribution is -2.32. The first kappa shape index (κ1) is 18.6. The predicted octanol–water partition coefficient (Wildman–Crippen LogP) is 1.60. The molecule has 0 atom stereocenters. The highest BCUT2D eigenvalue weighted by atomic mass is 16.2. The van der Waals surface area contributed by atoms with Crippen LogP contribution in [0.5, 0.6) is 0 Å². The molecule has 2 N–H and O–H groups in total. The summed E-state index contributed by atoms with van der Waals surface area (Å²) in [4.78, 5) is 44.5. The number of fused-ring (bicyclic) bond motifs is 1. The molecule has 3 aromatic rings. The Hall–Kier alpha value is -3.23. The van der Waals surface area contributed by atoms with E-state index >= 15 is 0 Å². The van der Waals surface area contributed by atoms with Gasteiger partial charge in [-0.2, -0.15) is 5.10 Å². The molecule has 0 fully saturated rings. The van der Waals surface area contributed by atoms with Crippen LogP contribution >= 0.6 is 0 Å². The summed E-state index contributed by atoms with van der Waals surface area (Å²) in [7, 11) is 1.74. The maximum Gasteiger partial charge on any atom is 0.329 e. The van der Waals surface area contributed by atoms with Gasteiger partial charge < -0.3 is 5.32 Å². The molecule has 27 heavy (non-hydrogen) atoms. The van der Waals surface area contributed by atoms with Gasteiger partial charge in [0.05, 0.1) is 22.8 Å². The highest BCUT2D eigenvalue weighted by molar-refractivity contribution is 6.11. The van der Waals surface area contributed by atoms with Gasteiger partial charge in [-0.15, -0.1) is 0 Å². The first-order valence-electron chi connectivity index (χ1n) is 8.79. The molecule has 0 aliphatic rings. The Morgan fingerprint density at radius 2 is 2.07 bits per heavy atom. The van der Waals surface area contributed by atoms with Crippen molar-refractivity contribution in [2.75, 3.05) is 5.32 Å². The standard InChI is InChI=1S/C18H22N6O3/c1-5-6-24-15-14(17(26)22-18(24)27)12(7-13(21-15)10(2)3)16(25)20-11-8-19-23(4)9-11/h7-10H,5-6H2,1-4H3,(H,20,25)(H,22,26,27). The molecule has 0 spiro atoms. The van der Waals surface area contributed by atoms with E-state index in [9.17, 15) is 14.4 Å². The van der Waals surface area contributed by atoms with Gasteiger partial charge in [-0.1, -0.05) is 20.8 Å². The molecule has 9 heteroatoms. The lowest BCUT2D eigenvalue weighted by molar-refractivity contribution is 0.102.